The molecule has 0 fully saturated rings. The van der Waals surface area contributed by atoms with E-state index in [4.69, 9.17) is 22.1 Å². The first-order chi connectivity index (χ1) is 13.0. The van der Waals surface area contributed by atoms with Crippen LogP contribution in [0.3, 0.4) is 0 Å². The fourth-order valence-corrected chi connectivity index (χ4v) is 2.95. The molecule has 0 saturated carbocycles. The lowest BCUT2D eigenvalue weighted by Crippen LogP contribution is -2.26. The number of carbonyl (C=O) groups is 1. The Morgan fingerprint density at radius 3 is 2.78 bits per heavy atom. The van der Waals surface area contributed by atoms with E-state index in [-0.39, 0.29) is 22.5 Å². The second kappa shape index (κ2) is 7.75. The first kappa shape index (κ1) is 18.8. The van der Waals surface area contributed by atoms with Gasteiger partial charge in [-0.1, -0.05) is 18.5 Å². The number of carbonyl (C=O) groups excluding carboxylic acids is 1. The summed E-state index contributed by atoms with van der Waals surface area (Å²) in [5.74, 6) is -0.544. The predicted molar refractivity (Wildman–Crippen MR) is 104 cm³/mol. The molecule has 1 amide bonds. The molecule has 0 saturated heterocycles. The van der Waals surface area contributed by atoms with Crippen molar-refractivity contribution in [2.75, 3.05) is 19.4 Å². The molecule has 0 atom stereocenters. The maximum absolute atomic E-state index is 14.7. The molecule has 1 heterocycles. The Morgan fingerprint density at radius 1 is 1.30 bits per heavy atom. The lowest BCUT2D eigenvalue weighted by atomic mass is 9.99. The molecule has 0 radical (unpaired) electrons. The van der Waals surface area contributed by atoms with E-state index in [2.05, 4.69) is 15.5 Å². The summed E-state index contributed by atoms with van der Waals surface area (Å²) < 4.78 is 20.0. The Labute approximate surface area is 160 Å². The lowest BCUT2D eigenvalue weighted by molar-refractivity contribution is 0.0949. The molecule has 1 aromatic heterocycles. The molecule has 0 aliphatic rings. The van der Waals surface area contributed by atoms with Crippen molar-refractivity contribution in [2.24, 2.45) is 0 Å². The zero-order chi connectivity index (χ0) is 19.6. The molecule has 0 unspecified atom stereocenters. The van der Waals surface area contributed by atoms with E-state index in [0.717, 1.165) is 6.42 Å². The number of nitrogens with zero attached hydrogens (tertiary/aromatic N) is 2. The summed E-state index contributed by atoms with van der Waals surface area (Å²) in [5, 5.41) is 11.6. The average Bonchev–Trinajstić information content (AvgIpc) is 2.66. The minimum Gasteiger partial charge on any atom is -0.496 e. The van der Waals surface area contributed by atoms with Gasteiger partial charge in [0.25, 0.3) is 5.91 Å². The van der Waals surface area contributed by atoms with E-state index in [0.29, 0.717) is 28.3 Å². The fourth-order valence-electron chi connectivity index (χ4n) is 2.79. The summed E-state index contributed by atoms with van der Waals surface area (Å²) >= 11 is 6.00. The number of ether oxygens (including phenoxy) is 1. The molecule has 3 aromatic rings. The Morgan fingerprint density at radius 2 is 2.07 bits per heavy atom. The van der Waals surface area contributed by atoms with Gasteiger partial charge in [-0.05, 0) is 36.8 Å². The molecule has 0 spiro atoms. The van der Waals surface area contributed by atoms with Crippen molar-refractivity contribution in [3.8, 4) is 16.9 Å². The van der Waals surface area contributed by atoms with Crippen molar-refractivity contribution in [3.63, 3.8) is 0 Å². The van der Waals surface area contributed by atoms with Crippen molar-refractivity contribution in [3.05, 3.63) is 46.9 Å². The third kappa shape index (κ3) is 3.50. The van der Waals surface area contributed by atoms with Crippen molar-refractivity contribution < 1.29 is 13.9 Å². The smallest absolute Gasteiger partial charge is 0.273 e. The molecule has 0 aliphatic carbocycles. The third-order valence-corrected chi connectivity index (χ3v) is 4.34. The number of halogens is 2. The maximum Gasteiger partial charge on any atom is 0.273 e. The summed E-state index contributed by atoms with van der Waals surface area (Å²) in [7, 11) is 1.47. The maximum atomic E-state index is 14.7. The molecule has 6 nitrogen and oxygen atoms in total. The SMILES string of the molecule is CCCNC(=O)c1nnc2c(-c3ccc(Cl)cc3OC)c(F)ccc2c1N. The van der Waals surface area contributed by atoms with Crippen molar-refractivity contribution >= 4 is 34.1 Å². The number of hydrogen-bond acceptors (Lipinski definition) is 5. The fraction of sp³-hybridized carbons (Fsp3) is 0.211. The highest BCUT2D eigenvalue weighted by Gasteiger charge is 2.21. The second-order valence-corrected chi connectivity index (χ2v) is 6.32. The molecule has 3 N–H and O–H groups in total. The van der Waals surface area contributed by atoms with Crippen LogP contribution in [0.4, 0.5) is 10.1 Å². The van der Waals surface area contributed by atoms with E-state index in [1.54, 1.807) is 18.2 Å². The van der Waals surface area contributed by atoms with Crippen LogP contribution in [0.5, 0.6) is 5.75 Å². The van der Waals surface area contributed by atoms with Gasteiger partial charge in [0.2, 0.25) is 0 Å². The summed E-state index contributed by atoms with van der Waals surface area (Å²) in [5.41, 5.74) is 7.17. The molecular formula is C19H18ClFN4O2. The number of amides is 1. The van der Waals surface area contributed by atoms with Gasteiger partial charge in [-0.2, -0.15) is 0 Å². The van der Waals surface area contributed by atoms with Crippen molar-refractivity contribution in [1.82, 2.24) is 15.5 Å². The van der Waals surface area contributed by atoms with Crippen LogP contribution >= 0.6 is 11.6 Å². The highest BCUT2D eigenvalue weighted by atomic mass is 35.5. The van der Waals surface area contributed by atoms with E-state index in [9.17, 15) is 9.18 Å². The number of hydrogen-bond donors (Lipinski definition) is 2. The Balaban J connectivity index is 2.22. The largest absolute Gasteiger partial charge is 0.496 e. The summed E-state index contributed by atoms with van der Waals surface area (Å²) in [6, 6.07) is 7.60. The third-order valence-electron chi connectivity index (χ3n) is 4.11. The summed E-state index contributed by atoms with van der Waals surface area (Å²) in [4.78, 5) is 12.2. The molecular weight excluding hydrogens is 371 g/mol. The molecule has 140 valence electrons. The Hall–Kier alpha value is -2.93. The van der Waals surface area contributed by atoms with Gasteiger partial charge in [-0.15, -0.1) is 10.2 Å². The van der Waals surface area contributed by atoms with Gasteiger partial charge in [0.05, 0.1) is 12.8 Å². The van der Waals surface area contributed by atoms with Crippen LogP contribution in [0, 0.1) is 5.82 Å². The number of nitrogens with two attached hydrogens (primary N) is 1. The molecule has 27 heavy (non-hydrogen) atoms. The van der Waals surface area contributed by atoms with Crippen LogP contribution < -0.4 is 15.8 Å². The number of nitrogen functional groups attached to an aromatic ring is 1. The van der Waals surface area contributed by atoms with Gasteiger partial charge in [0, 0.05) is 28.1 Å². The number of fused-ring (bicyclic) bond motifs is 1. The van der Waals surface area contributed by atoms with E-state index in [1.807, 2.05) is 6.92 Å². The number of nitrogens with one attached hydrogen (secondary N) is 1. The number of benzene rings is 2. The van der Waals surface area contributed by atoms with Crippen LogP contribution in [-0.4, -0.2) is 29.8 Å². The number of aromatic nitrogens is 2. The van der Waals surface area contributed by atoms with Crippen LogP contribution in [0.2, 0.25) is 5.02 Å². The first-order valence-corrected chi connectivity index (χ1v) is 8.72. The van der Waals surface area contributed by atoms with Gasteiger partial charge >= 0.3 is 0 Å². The summed E-state index contributed by atoms with van der Waals surface area (Å²) in [6.45, 7) is 2.43. The predicted octanol–water partition coefficient (Wildman–Crippen LogP) is 3.82. The second-order valence-electron chi connectivity index (χ2n) is 5.88. The molecule has 2 aromatic carbocycles. The van der Waals surface area contributed by atoms with Crippen LogP contribution in [0.25, 0.3) is 22.0 Å². The molecule has 8 heteroatoms. The molecule has 3 rings (SSSR count). The first-order valence-electron chi connectivity index (χ1n) is 8.34. The van der Waals surface area contributed by atoms with E-state index >= 15 is 0 Å². The van der Waals surface area contributed by atoms with Gasteiger partial charge in [-0.3, -0.25) is 4.79 Å². The number of methoxy groups -OCH3 is 1. The normalized spacial score (nSPS) is 10.8. The van der Waals surface area contributed by atoms with Crippen LogP contribution in [0.1, 0.15) is 23.8 Å². The van der Waals surface area contributed by atoms with Gasteiger partial charge < -0.3 is 15.8 Å². The van der Waals surface area contributed by atoms with Crippen molar-refractivity contribution in [1.29, 1.82) is 0 Å². The van der Waals surface area contributed by atoms with Crippen molar-refractivity contribution in [2.45, 2.75) is 13.3 Å². The quantitative estimate of drug-likeness (QED) is 0.693. The number of anilines is 1. The van der Waals surface area contributed by atoms with E-state index in [1.165, 1.54) is 19.2 Å². The Kier molecular flexibility index (Phi) is 5.41. The summed E-state index contributed by atoms with van der Waals surface area (Å²) in [6.07, 6.45) is 0.776. The average molecular weight is 389 g/mol. The minimum atomic E-state index is -0.514. The lowest BCUT2D eigenvalue weighted by Gasteiger charge is -2.14. The van der Waals surface area contributed by atoms with Gasteiger partial charge in [-0.25, -0.2) is 4.39 Å². The van der Waals surface area contributed by atoms with Crippen LogP contribution in [0.15, 0.2) is 30.3 Å². The standard InChI is InChI=1S/C19H18ClFN4O2/c1-3-8-23-19(26)18-16(22)12-6-7-13(21)15(17(12)24-25-18)11-5-4-10(20)9-14(11)27-2/h4-7,9H,3,8H2,1-2H3,(H2,22,24)(H,23,26). The highest BCUT2D eigenvalue weighted by Crippen LogP contribution is 2.38. The number of rotatable bonds is 5. The monoisotopic (exact) mass is 388 g/mol. The van der Waals surface area contributed by atoms with Crippen LogP contribution in [-0.2, 0) is 0 Å². The zero-order valence-electron chi connectivity index (χ0n) is 14.8. The highest BCUT2D eigenvalue weighted by molar-refractivity contribution is 6.30. The van der Waals surface area contributed by atoms with Gasteiger partial charge in [0.1, 0.15) is 17.1 Å². The van der Waals surface area contributed by atoms with E-state index < -0.39 is 11.7 Å². The molecule has 0 bridgehead atoms. The zero-order valence-corrected chi connectivity index (χ0v) is 15.6. The topological polar surface area (TPSA) is 90.1 Å². The van der Waals surface area contributed by atoms with Gasteiger partial charge in [0.15, 0.2) is 5.69 Å². The minimum absolute atomic E-state index is 0.0107. The molecule has 0 aliphatic heterocycles. The Bertz CT molecular complexity index is 1030.